The highest BCUT2D eigenvalue weighted by molar-refractivity contribution is 5.78. The first-order valence-corrected chi connectivity index (χ1v) is 10.7. The molecule has 0 N–H and O–H groups in total. The Hall–Kier alpha value is -2.19. The van der Waals surface area contributed by atoms with Crippen molar-refractivity contribution in [3.05, 3.63) is 30.1 Å². The van der Waals surface area contributed by atoms with E-state index in [0.717, 1.165) is 26.2 Å². The van der Waals surface area contributed by atoms with Gasteiger partial charge in [0.15, 0.2) is 0 Å². The third kappa shape index (κ3) is 6.15. The number of halogens is 1. The fourth-order valence-electron chi connectivity index (χ4n) is 3.97. The van der Waals surface area contributed by atoms with Gasteiger partial charge in [0.1, 0.15) is 24.3 Å². The summed E-state index contributed by atoms with van der Waals surface area (Å²) >= 11 is 0. The molecule has 0 spiro atoms. The van der Waals surface area contributed by atoms with Gasteiger partial charge in [0, 0.05) is 64.6 Å². The van der Waals surface area contributed by atoms with E-state index in [4.69, 9.17) is 9.47 Å². The molecular formula is C22H32FN3O4. The summed E-state index contributed by atoms with van der Waals surface area (Å²) in [5.74, 6) is 0.170. The van der Waals surface area contributed by atoms with Crippen molar-refractivity contribution in [2.75, 3.05) is 59.5 Å². The molecule has 0 unspecified atom stereocenters. The molecular weight excluding hydrogens is 389 g/mol. The maximum absolute atomic E-state index is 13.2. The monoisotopic (exact) mass is 421 g/mol. The second-order valence-electron chi connectivity index (χ2n) is 8.02. The zero-order valence-electron chi connectivity index (χ0n) is 17.9. The predicted octanol–water partition coefficient (Wildman–Crippen LogP) is 1.62. The quantitative estimate of drug-likeness (QED) is 0.670. The summed E-state index contributed by atoms with van der Waals surface area (Å²) in [7, 11) is 2.05. The summed E-state index contributed by atoms with van der Waals surface area (Å²) in [4.78, 5) is 31.3. The molecule has 1 aromatic carbocycles. The molecule has 2 fully saturated rings. The van der Waals surface area contributed by atoms with E-state index in [-0.39, 0.29) is 36.3 Å². The highest BCUT2D eigenvalue weighted by atomic mass is 19.1. The maximum atomic E-state index is 13.2. The fraction of sp³-hybridized carbons (Fsp3) is 0.636. The van der Waals surface area contributed by atoms with E-state index in [1.807, 2.05) is 11.8 Å². The summed E-state index contributed by atoms with van der Waals surface area (Å²) < 4.78 is 24.6. The number of piperazine rings is 1. The second-order valence-corrected chi connectivity index (χ2v) is 8.02. The van der Waals surface area contributed by atoms with Gasteiger partial charge in [-0.2, -0.15) is 0 Å². The predicted molar refractivity (Wildman–Crippen MR) is 111 cm³/mol. The first kappa shape index (κ1) is 22.5. The van der Waals surface area contributed by atoms with Crippen molar-refractivity contribution in [1.29, 1.82) is 0 Å². The lowest BCUT2D eigenvalue weighted by Gasteiger charge is -2.40. The Morgan fingerprint density at radius 3 is 2.40 bits per heavy atom. The van der Waals surface area contributed by atoms with Crippen LogP contribution >= 0.6 is 0 Å². The normalized spacial score (nSPS) is 22.8. The molecule has 0 aromatic heterocycles. The minimum absolute atomic E-state index is 0.0547. The van der Waals surface area contributed by atoms with Crippen molar-refractivity contribution >= 4 is 11.8 Å². The van der Waals surface area contributed by atoms with Crippen LogP contribution < -0.4 is 4.74 Å². The van der Waals surface area contributed by atoms with Crippen molar-refractivity contribution in [1.82, 2.24) is 14.7 Å². The van der Waals surface area contributed by atoms with Crippen LogP contribution in [0, 0.1) is 11.7 Å². The fourth-order valence-corrected chi connectivity index (χ4v) is 3.97. The van der Waals surface area contributed by atoms with Gasteiger partial charge in [-0.15, -0.1) is 0 Å². The third-order valence-electron chi connectivity index (χ3n) is 5.84. The number of piperidine rings is 1. The Labute approximate surface area is 177 Å². The summed E-state index contributed by atoms with van der Waals surface area (Å²) in [5.41, 5.74) is 0. The number of hydrogen-bond acceptors (Lipinski definition) is 5. The van der Waals surface area contributed by atoms with Crippen LogP contribution in [-0.4, -0.2) is 92.1 Å². The molecule has 0 radical (unpaired) electrons. The van der Waals surface area contributed by atoms with Crippen molar-refractivity contribution < 1.29 is 23.5 Å². The number of hydrogen-bond donors (Lipinski definition) is 0. The first-order chi connectivity index (χ1) is 14.5. The van der Waals surface area contributed by atoms with E-state index in [9.17, 15) is 14.0 Å². The van der Waals surface area contributed by atoms with E-state index >= 15 is 0 Å². The van der Waals surface area contributed by atoms with Gasteiger partial charge in [-0.05, 0) is 38.2 Å². The number of ether oxygens (including phenoxy) is 2. The molecule has 166 valence electrons. The van der Waals surface area contributed by atoms with Crippen molar-refractivity contribution in [3.63, 3.8) is 0 Å². The van der Waals surface area contributed by atoms with Gasteiger partial charge < -0.3 is 24.2 Å². The Morgan fingerprint density at radius 2 is 1.73 bits per heavy atom. The molecule has 30 heavy (non-hydrogen) atoms. The standard InChI is InChI=1S/C22H32FN3O4/c1-3-29-16-22(28)26-9-8-20(30-19-6-4-18(23)5-7-19)17(15-26)14-21(27)25-12-10-24(2)11-13-25/h4-7,17,20H,3,8-16H2,1-2H3/t17-,20-/m0/s1. The molecule has 2 aliphatic heterocycles. The highest BCUT2D eigenvalue weighted by Crippen LogP contribution is 2.27. The lowest BCUT2D eigenvalue weighted by Crippen LogP contribution is -2.52. The van der Waals surface area contributed by atoms with Crippen LogP contribution in [-0.2, 0) is 14.3 Å². The Kier molecular flexibility index (Phi) is 8.04. The van der Waals surface area contributed by atoms with Crippen LogP contribution in [0.25, 0.3) is 0 Å². The van der Waals surface area contributed by atoms with Gasteiger partial charge in [-0.25, -0.2) is 4.39 Å². The van der Waals surface area contributed by atoms with Gasteiger partial charge >= 0.3 is 0 Å². The molecule has 8 heteroatoms. The van der Waals surface area contributed by atoms with Crippen LogP contribution in [0.1, 0.15) is 19.8 Å². The summed E-state index contributed by atoms with van der Waals surface area (Å²) in [6.07, 6.45) is 0.743. The summed E-state index contributed by atoms with van der Waals surface area (Å²) in [6.45, 7) is 6.58. The van der Waals surface area contributed by atoms with Crippen molar-refractivity contribution in [2.45, 2.75) is 25.9 Å². The van der Waals surface area contributed by atoms with Gasteiger partial charge in [-0.3, -0.25) is 9.59 Å². The Balaban J connectivity index is 1.66. The number of nitrogens with zero attached hydrogens (tertiary/aromatic N) is 3. The molecule has 0 bridgehead atoms. The smallest absolute Gasteiger partial charge is 0.248 e. The summed E-state index contributed by atoms with van der Waals surface area (Å²) in [6, 6.07) is 5.92. The minimum atomic E-state index is -0.319. The number of carbonyl (C=O) groups is 2. The van der Waals surface area contributed by atoms with Gasteiger partial charge in [0.2, 0.25) is 11.8 Å². The maximum Gasteiger partial charge on any atom is 0.248 e. The van der Waals surface area contributed by atoms with Crippen LogP contribution in [0.4, 0.5) is 4.39 Å². The zero-order chi connectivity index (χ0) is 21.5. The average Bonchev–Trinajstić information content (AvgIpc) is 2.75. The molecule has 7 nitrogen and oxygen atoms in total. The van der Waals surface area contributed by atoms with E-state index in [1.165, 1.54) is 12.1 Å². The molecule has 1 aromatic rings. The average molecular weight is 422 g/mol. The Morgan fingerprint density at radius 1 is 1.03 bits per heavy atom. The minimum Gasteiger partial charge on any atom is -0.490 e. The van der Waals surface area contributed by atoms with Crippen molar-refractivity contribution in [3.8, 4) is 5.75 Å². The van der Waals surface area contributed by atoms with E-state index in [2.05, 4.69) is 11.9 Å². The first-order valence-electron chi connectivity index (χ1n) is 10.7. The molecule has 2 aliphatic rings. The van der Waals surface area contributed by atoms with Crippen molar-refractivity contribution in [2.24, 2.45) is 5.92 Å². The largest absolute Gasteiger partial charge is 0.490 e. The number of amides is 2. The molecule has 2 heterocycles. The zero-order valence-corrected chi connectivity index (χ0v) is 17.9. The van der Waals surface area contributed by atoms with E-state index in [1.54, 1.807) is 17.0 Å². The van der Waals surface area contributed by atoms with Crippen LogP contribution in [0.15, 0.2) is 24.3 Å². The van der Waals surface area contributed by atoms with Gasteiger partial charge in [-0.1, -0.05) is 0 Å². The van der Waals surface area contributed by atoms with Gasteiger partial charge in [0.05, 0.1) is 0 Å². The lowest BCUT2D eigenvalue weighted by molar-refractivity contribution is -0.142. The third-order valence-corrected chi connectivity index (χ3v) is 5.84. The summed E-state index contributed by atoms with van der Waals surface area (Å²) in [5, 5.41) is 0. The molecule has 3 rings (SSSR count). The van der Waals surface area contributed by atoms with E-state index < -0.39 is 0 Å². The number of carbonyl (C=O) groups excluding carboxylic acids is 2. The van der Waals surface area contributed by atoms with Crippen LogP contribution in [0.5, 0.6) is 5.75 Å². The second kappa shape index (κ2) is 10.7. The number of benzene rings is 1. The topological polar surface area (TPSA) is 62.3 Å². The molecule has 2 amide bonds. The van der Waals surface area contributed by atoms with Crippen LogP contribution in [0.3, 0.4) is 0 Å². The lowest BCUT2D eigenvalue weighted by atomic mass is 9.90. The number of rotatable bonds is 7. The van der Waals surface area contributed by atoms with Crippen LogP contribution in [0.2, 0.25) is 0 Å². The Bertz CT molecular complexity index is 707. The molecule has 0 saturated carbocycles. The van der Waals surface area contributed by atoms with E-state index in [0.29, 0.717) is 38.3 Å². The molecule has 2 atom stereocenters. The molecule has 0 aliphatic carbocycles. The highest BCUT2D eigenvalue weighted by Gasteiger charge is 2.35. The van der Waals surface area contributed by atoms with Gasteiger partial charge in [0.25, 0.3) is 0 Å². The number of likely N-dealkylation sites (N-methyl/N-ethyl adjacent to an activating group) is 1. The SMILES string of the molecule is CCOCC(=O)N1CC[C@H](Oc2ccc(F)cc2)[C@@H](CC(=O)N2CCN(C)CC2)C1. The number of likely N-dealkylation sites (tertiary alicyclic amines) is 1. The molecule has 2 saturated heterocycles.